The number of nitrogens with zero attached hydrogens (tertiary/aromatic N) is 1. The number of hydrogen-bond acceptors (Lipinski definition) is 3. The zero-order valence-electron chi connectivity index (χ0n) is 11.5. The molecular weight excluding hydrogens is 240 g/mol. The molecule has 1 aliphatic carbocycles. The maximum absolute atomic E-state index is 3.64. The van der Waals surface area contributed by atoms with Gasteiger partial charge in [0.05, 0.1) is 0 Å². The Labute approximate surface area is 115 Å². The zero-order chi connectivity index (χ0) is 12.8. The summed E-state index contributed by atoms with van der Waals surface area (Å²) in [5.41, 5.74) is 1.28. The summed E-state index contributed by atoms with van der Waals surface area (Å²) in [6.45, 7) is 1.13. The Hall–Kier alpha value is -0.670. The van der Waals surface area contributed by atoms with Crippen LogP contribution in [0.4, 0.5) is 5.69 Å². The summed E-state index contributed by atoms with van der Waals surface area (Å²) in [6.07, 6.45) is 7.07. The van der Waals surface area contributed by atoms with E-state index in [0.717, 1.165) is 12.5 Å². The first kappa shape index (κ1) is 13.8. The molecule has 0 radical (unpaired) electrons. The predicted octanol–water partition coefficient (Wildman–Crippen LogP) is 4.25. The van der Waals surface area contributed by atoms with Crippen LogP contribution in [-0.4, -0.2) is 24.9 Å². The van der Waals surface area contributed by atoms with Crippen LogP contribution in [0.25, 0.3) is 0 Å². The van der Waals surface area contributed by atoms with Crippen LogP contribution in [-0.2, 0) is 0 Å². The minimum absolute atomic E-state index is 0.871. The van der Waals surface area contributed by atoms with Crippen LogP contribution in [0.5, 0.6) is 0 Å². The van der Waals surface area contributed by atoms with Gasteiger partial charge in [-0.25, -0.2) is 0 Å². The Balaban J connectivity index is 1.91. The van der Waals surface area contributed by atoms with E-state index >= 15 is 0 Å². The van der Waals surface area contributed by atoms with Crippen LogP contribution in [0.15, 0.2) is 29.2 Å². The molecule has 18 heavy (non-hydrogen) atoms. The van der Waals surface area contributed by atoms with E-state index in [1.165, 1.54) is 42.7 Å². The summed E-state index contributed by atoms with van der Waals surface area (Å²) in [6, 6.07) is 8.60. The van der Waals surface area contributed by atoms with E-state index in [2.05, 4.69) is 48.0 Å². The van der Waals surface area contributed by atoms with Crippen LogP contribution >= 0.6 is 11.9 Å². The highest BCUT2D eigenvalue weighted by atomic mass is 32.2. The molecule has 3 heteroatoms. The van der Waals surface area contributed by atoms with E-state index < -0.39 is 0 Å². The number of anilines is 1. The Morgan fingerprint density at radius 1 is 1.17 bits per heavy atom. The molecule has 1 saturated carbocycles. The maximum Gasteiger partial charge on any atom is 0.0491 e. The van der Waals surface area contributed by atoms with Gasteiger partial charge in [-0.05, 0) is 56.9 Å². The normalized spacial score (nSPS) is 17.1. The summed E-state index contributed by atoms with van der Waals surface area (Å²) in [7, 11) is 4.17. The molecule has 0 atom stereocenters. The molecule has 0 unspecified atom stereocenters. The highest BCUT2D eigenvalue weighted by Crippen LogP contribution is 2.29. The van der Waals surface area contributed by atoms with Gasteiger partial charge in [-0.1, -0.05) is 31.4 Å². The van der Waals surface area contributed by atoms with Crippen LogP contribution in [0, 0.1) is 5.92 Å². The van der Waals surface area contributed by atoms with Crippen molar-refractivity contribution in [2.24, 2.45) is 5.92 Å². The van der Waals surface area contributed by atoms with Crippen LogP contribution in [0.2, 0.25) is 0 Å². The third-order valence-electron chi connectivity index (χ3n) is 3.47. The van der Waals surface area contributed by atoms with E-state index in [1.54, 1.807) is 11.9 Å². The molecule has 2 nitrogen and oxygen atoms in total. The summed E-state index contributed by atoms with van der Waals surface area (Å²) in [5.74, 6) is 0.871. The lowest BCUT2D eigenvalue weighted by Gasteiger charge is -2.23. The first-order chi connectivity index (χ1) is 8.75. The molecule has 0 aliphatic heterocycles. The summed E-state index contributed by atoms with van der Waals surface area (Å²) in [4.78, 5) is 1.32. The maximum atomic E-state index is 3.64. The molecule has 1 aromatic carbocycles. The summed E-state index contributed by atoms with van der Waals surface area (Å²) < 4.78 is 2.14. The first-order valence-electron chi connectivity index (χ1n) is 6.94. The van der Waals surface area contributed by atoms with Gasteiger partial charge in [0, 0.05) is 17.1 Å². The van der Waals surface area contributed by atoms with Crippen molar-refractivity contribution in [3.63, 3.8) is 0 Å². The second-order valence-electron chi connectivity index (χ2n) is 5.28. The molecular formula is C15H24N2S. The molecule has 1 fully saturated rings. The van der Waals surface area contributed by atoms with Crippen molar-refractivity contribution in [1.29, 1.82) is 0 Å². The Kier molecular flexibility index (Phi) is 5.39. The Bertz CT molecular complexity index is 359. The van der Waals surface area contributed by atoms with Crippen molar-refractivity contribution >= 4 is 17.6 Å². The lowest BCUT2D eigenvalue weighted by Crippen LogP contribution is -2.17. The summed E-state index contributed by atoms with van der Waals surface area (Å²) >= 11 is 1.78. The quantitative estimate of drug-likeness (QED) is 0.800. The summed E-state index contributed by atoms with van der Waals surface area (Å²) in [5, 5.41) is 3.64. The van der Waals surface area contributed by atoms with Gasteiger partial charge in [0.1, 0.15) is 0 Å². The van der Waals surface area contributed by atoms with Crippen LogP contribution in [0.3, 0.4) is 0 Å². The van der Waals surface area contributed by atoms with Crippen molar-refractivity contribution in [3.8, 4) is 0 Å². The second-order valence-corrected chi connectivity index (χ2v) is 6.64. The molecule has 100 valence electrons. The number of hydrogen-bond donors (Lipinski definition) is 1. The molecule has 0 bridgehead atoms. The average molecular weight is 264 g/mol. The van der Waals surface area contributed by atoms with Crippen LogP contribution < -0.4 is 5.32 Å². The van der Waals surface area contributed by atoms with Crippen molar-refractivity contribution in [3.05, 3.63) is 24.3 Å². The predicted molar refractivity (Wildman–Crippen MR) is 81.1 cm³/mol. The van der Waals surface area contributed by atoms with Gasteiger partial charge < -0.3 is 5.32 Å². The van der Waals surface area contributed by atoms with Crippen LogP contribution in [0.1, 0.15) is 32.1 Å². The van der Waals surface area contributed by atoms with E-state index in [9.17, 15) is 0 Å². The minimum Gasteiger partial charge on any atom is -0.384 e. The Morgan fingerprint density at radius 2 is 1.89 bits per heavy atom. The standard InChI is InChI=1S/C15H24N2S/c1-17(2)18-15-11-7-6-10-14(15)16-12-13-8-4-3-5-9-13/h6-7,10-11,13,16H,3-5,8-9,12H2,1-2H3. The van der Waals surface area contributed by atoms with Gasteiger partial charge in [0.25, 0.3) is 0 Å². The van der Waals surface area contributed by atoms with Gasteiger partial charge in [-0.2, -0.15) is 0 Å². The topological polar surface area (TPSA) is 15.3 Å². The number of rotatable bonds is 5. The molecule has 1 aliphatic rings. The van der Waals surface area contributed by atoms with Crippen molar-refractivity contribution < 1.29 is 0 Å². The largest absolute Gasteiger partial charge is 0.384 e. The minimum atomic E-state index is 0.871. The van der Waals surface area contributed by atoms with Gasteiger partial charge >= 0.3 is 0 Å². The fourth-order valence-corrected chi connectivity index (χ4v) is 3.31. The molecule has 0 spiro atoms. The van der Waals surface area contributed by atoms with Crippen molar-refractivity contribution in [2.75, 3.05) is 26.0 Å². The number of para-hydroxylation sites is 1. The fourth-order valence-electron chi connectivity index (χ4n) is 2.53. The lowest BCUT2D eigenvalue weighted by atomic mass is 9.89. The molecule has 0 heterocycles. The smallest absolute Gasteiger partial charge is 0.0491 e. The van der Waals surface area contributed by atoms with Crippen molar-refractivity contribution in [2.45, 2.75) is 37.0 Å². The lowest BCUT2D eigenvalue weighted by molar-refractivity contribution is 0.373. The second kappa shape index (κ2) is 7.05. The third kappa shape index (κ3) is 4.21. The Morgan fingerprint density at radius 3 is 2.61 bits per heavy atom. The molecule has 1 N–H and O–H groups in total. The SMILES string of the molecule is CN(C)Sc1ccccc1NCC1CCCCC1. The van der Waals surface area contributed by atoms with Crippen molar-refractivity contribution in [1.82, 2.24) is 4.31 Å². The van der Waals surface area contributed by atoms with Gasteiger partial charge in [-0.3, -0.25) is 4.31 Å². The molecule has 0 saturated heterocycles. The average Bonchev–Trinajstić information content (AvgIpc) is 2.38. The molecule has 0 amide bonds. The zero-order valence-corrected chi connectivity index (χ0v) is 12.3. The van der Waals surface area contributed by atoms with E-state index in [1.807, 2.05) is 0 Å². The van der Waals surface area contributed by atoms with Gasteiger partial charge in [-0.15, -0.1) is 0 Å². The molecule has 1 aromatic rings. The van der Waals surface area contributed by atoms with E-state index in [4.69, 9.17) is 0 Å². The first-order valence-corrected chi connectivity index (χ1v) is 7.71. The molecule has 2 rings (SSSR count). The fraction of sp³-hybridized carbons (Fsp3) is 0.600. The highest BCUT2D eigenvalue weighted by molar-refractivity contribution is 7.97. The van der Waals surface area contributed by atoms with Gasteiger partial charge in [0.15, 0.2) is 0 Å². The highest BCUT2D eigenvalue weighted by Gasteiger charge is 2.13. The van der Waals surface area contributed by atoms with Gasteiger partial charge in [0.2, 0.25) is 0 Å². The third-order valence-corrected chi connectivity index (χ3v) is 4.39. The number of benzene rings is 1. The molecule has 0 aromatic heterocycles. The number of nitrogens with one attached hydrogen (secondary N) is 1. The van der Waals surface area contributed by atoms with E-state index in [0.29, 0.717) is 0 Å². The monoisotopic (exact) mass is 264 g/mol. The van der Waals surface area contributed by atoms with E-state index in [-0.39, 0.29) is 0 Å².